The Bertz CT molecular complexity index is 1260. The highest BCUT2D eigenvalue weighted by Gasteiger charge is 2.23. The quantitative estimate of drug-likeness (QED) is 0.483. The summed E-state index contributed by atoms with van der Waals surface area (Å²) in [6.45, 7) is 6.78. The van der Waals surface area contributed by atoms with Crippen molar-refractivity contribution in [2.45, 2.75) is 13.8 Å². The molecule has 1 fully saturated rings. The minimum absolute atomic E-state index is 0.0714. The average Bonchev–Trinajstić information content (AvgIpc) is 3.22. The molecule has 0 saturated carbocycles. The van der Waals surface area contributed by atoms with E-state index in [4.69, 9.17) is 0 Å². The molecular weight excluding hydrogens is 412 g/mol. The first-order valence-corrected chi connectivity index (χ1v) is 11.1. The standard InChI is InChI=1S/C26H26N6O/c1-19-20(2)32(18-29-19)25-16-24(27-17-28-25)30-12-14-31(15-13-30)26(33)23-10-8-22(9-11-23)21-6-4-3-5-7-21/h3-11,16-18H,12-15H2,1-2H3. The molecular formula is C26H26N6O. The third-order valence-corrected chi connectivity index (χ3v) is 6.27. The molecule has 0 atom stereocenters. The van der Waals surface area contributed by atoms with E-state index in [0.29, 0.717) is 13.1 Å². The van der Waals surface area contributed by atoms with Crippen LogP contribution < -0.4 is 4.90 Å². The van der Waals surface area contributed by atoms with Crippen LogP contribution in [-0.4, -0.2) is 56.5 Å². The smallest absolute Gasteiger partial charge is 0.253 e. The SMILES string of the molecule is Cc1ncn(-c2cc(N3CCN(C(=O)c4ccc(-c5ccccc5)cc4)CC3)ncn2)c1C. The molecule has 7 heteroatoms. The number of anilines is 1. The van der Waals surface area contributed by atoms with E-state index in [-0.39, 0.29) is 5.91 Å². The molecule has 4 aromatic rings. The fourth-order valence-corrected chi connectivity index (χ4v) is 4.13. The number of piperazine rings is 1. The second-order valence-electron chi connectivity index (χ2n) is 8.24. The van der Waals surface area contributed by atoms with Crippen molar-refractivity contribution in [2.75, 3.05) is 31.1 Å². The number of carbonyl (C=O) groups is 1. The summed E-state index contributed by atoms with van der Waals surface area (Å²) in [6, 6.07) is 20.0. The van der Waals surface area contributed by atoms with Crippen LogP contribution in [0.4, 0.5) is 5.82 Å². The number of rotatable bonds is 4. The number of aromatic nitrogens is 4. The third kappa shape index (κ3) is 4.22. The second-order valence-corrected chi connectivity index (χ2v) is 8.24. The highest BCUT2D eigenvalue weighted by Crippen LogP contribution is 2.21. The number of hydrogen-bond donors (Lipinski definition) is 0. The fourth-order valence-electron chi connectivity index (χ4n) is 4.13. The maximum atomic E-state index is 13.0. The fraction of sp³-hybridized carbons (Fsp3) is 0.231. The molecule has 1 aliphatic heterocycles. The molecule has 0 unspecified atom stereocenters. The van der Waals surface area contributed by atoms with E-state index in [2.05, 4.69) is 32.0 Å². The molecule has 7 nitrogen and oxygen atoms in total. The second kappa shape index (κ2) is 8.86. The van der Waals surface area contributed by atoms with Gasteiger partial charge in [-0.2, -0.15) is 0 Å². The molecule has 0 aliphatic carbocycles. The van der Waals surface area contributed by atoms with Gasteiger partial charge in [0.2, 0.25) is 0 Å². The zero-order valence-corrected chi connectivity index (χ0v) is 18.8. The lowest BCUT2D eigenvalue weighted by molar-refractivity contribution is 0.0746. The van der Waals surface area contributed by atoms with Gasteiger partial charge in [-0.05, 0) is 37.1 Å². The van der Waals surface area contributed by atoms with E-state index in [1.54, 1.807) is 12.7 Å². The van der Waals surface area contributed by atoms with Gasteiger partial charge in [-0.15, -0.1) is 0 Å². The summed E-state index contributed by atoms with van der Waals surface area (Å²) >= 11 is 0. The van der Waals surface area contributed by atoms with Gasteiger partial charge in [-0.3, -0.25) is 9.36 Å². The Hall–Kier alpha value is -4.00. The summed E-state index contributed by atoms with van der Waals surface area (Å²) in [5.41, 5.74) is 5.03. The van der Waals surface area contributed by atoms with Crippen molar-refractivity contribution in [3.63, 3.8) is 0 Å². The highest BCUT2D eigenvalue weighted by atomic mass is 16.2. The van der Waals surface area contributed by atoms with Gasteiger partial charge in [0.1, 0.15) is 24.3 Å². The van der Waals surface area contributed by atoms with E-state index >= 15 is 0 Å². The summed E-state index contributed by atoms with van der Waals surface area (Å²) < 4.78 is 1.97. The van der Waals surface area contributed by atoms with Gasteiger partial charge >= 0.3 is 0 Å². The molecule has 1 saturated heterocycles. The monoisotopic (exact) mass is 438 g/mol. The lowest BCUT2D eigenvalue weighted by Crippen LogP contribution is -2.49. The van der Waals surface area contributed by atoms with Crippen molar-refractivity contribution >= 4 is 11.7 Å². The van der Waals surface area contributed by atoms with Crippen LogP contribution in [0.3, 0.4) is 0 Å². The number of aryl methyl sites for hydroxylation is 1. The van der Waals surface area contributed by atoms with E-state index in [0.717, 1.165) is 52.8 Å². The van der Waals surface area contributed by atoms with Crippen LogP contribution in [0, 0.1) is 13.8 Å². The van der Waals surface area contributed by atoms with Crippen LogP contribution in [0.1, 0.15) is 21.7 Å². The van der Waals surface area contributed by atoms with Crippen LogP contribution >= 0.6 is 0 Å². The van der Waals surface area contributed by atoms with Crippen LogP contribution in [0.25, 0.3) is 16.9 Å². The first-order chi connectivity index (χ1) is 16.1. The van der Waals surface area contributed by atoms with Crippen molar-refractivity contribution < 1.29 is 4.79 Å². The van der Waals surface area contributed by atoms with Crippen LogP contribution in [0.15, 0.2) is 73.3 Å². The van der Waals surface area contributed by atoms with E-state index in [1.807, 2.05) is 71.8 Å². The molecule has 3 heterocycles. The van der Waals surface area contributed by atoms with E-state index in [9.17, 15) is 4.79 Å². The van der Waals surface area contributed by atoms with Crippen molar-refractivity contribution in [2.24, 2.45) is 0 Å². The van der Waals surface area contributed by atoms with Crippen molar-refractivity contribution in [1.82, 2.24) is 24.4 Å². The first kappa shape index (κ1) is 20.9. The van der Waals surface area contributed by atoms with Gasteiger partial charge in [0.15, 0.2) is 0 Å². The Morgan fingerprint density at radius 2 is 1.45 bits per heavy atom. The minimum Gasteiger partial charge on any atom is -0.353 e. The van der Waals surface area contributed by atoms with Gasteiger partial charge in [-0.25, -0.2) is 15.0 Å². The summed E-state index contributed by atoms with van der Waals surface area (Å²) in [7, 11) is 0. The normalized spacial score (nSPS) is 13.9. The van der Waals surface area contributed by atoms with E-state index < -0.39 is 0 Å². The Kier molecular flexibility index (Phi) is 5.60. The average molecular weight is 439 g/mol. The minimum atomic E-state index is 0.0714. The Balaban J connectivity index is 1.24. The number of hydrogen-bond acceptors (Lipinski definition) is 5. The van der Waals surface area contributed by atoms with Gasteiger partial charge in [0, 0.05) is 43.5 Å². The molecule has 0 spiro atoms. The number of imidazole rings is 1. The zero-order valence-electron chi connectivity index (χ0n) is 18.8. The van der Waals surface area contributed by atoms with Crippen LogP contribution in [0.2, 0.25) is 0 Å². The maximum absolute atomic E-state index is 13.0. The molecule has 0 radical (unpaired) electrons. The third-order valence-electron chi connectivity index (χ3n) is 6.27. The van der Waals surface area contributed by atoms with Crippen molar-refractivity contribution in [3.8, 4) is 16.9 Å². The number of benzene rings is 2. The number of amides is 1. The molecule has 5 rings (SSSR count). The summed E-state index contributed by atoms with van der Waals surface area (Å²) in [5.74, 6) is 1.74. The zero-order chi connectivity index (χ0) is 22.8. The Morgan fingerprint density at radius 1 is 0.788 bits per heavy atom. The van der Waals surface area contributed by atoms with Gasteiger partial charge in [0.25, 0.3) is 5.91 Å². The predicted molar refractivity (Wildman–Crippen MR) is 129 cm³/mol. The molecule has 166 valence electrons. The van der Waals surface area contributed by atoms with Gasteiger partial charge in [0.05, 0.1) is 5.69 Å². The largest absolute Gasteiger partial charge is 0.353 e. The van der Waals surface area contributed by atoms with Crippen molar-refractivity contribution in [1.29, 1.82) is 0 Å². The Labute approximate surface area is 193 Å². The molecule has 2 aromatic carbocycles. The number of nitrogens with zero attached hydrogens (tertiary/aromatic N) is 6. The molecule has 33 heavy (non-hydrogen) atoms. The topological polar surface area (TPSA) is 67.2 Å². The summed E-state index contributed by atoms with van der Waals surface area (Å²) in [4.78, 5) is 30.4. The molecule has 1 amide bonds. The molecule has 2 aromatic heterocycles. The summed E-state index contributed by atoms with van der Waals surface area (Å²) in [6.07, 6.45) is 3.38. The maximum Gasteiger partial charge on any atom is 0.253 e. The molecule has 0 N–H and O–H groups in total. The van der Waals surface area contributed by atoms with E-state index in [1.165, 1.54) is 0 Å². The molecule has 1 aliphatic rings. The Morgan fingerprint density at radius 3 is 2.12 bits per heavy atom. The number of carbonyl (C=O) groups excluding carboxylic acids is 1. The highest BCUT2D eigenvalue weighted by molar-refractivity contribution is 5.95. The lowest BCUT2D eigenvalue weighted by atomic mass is 10.0. The molecule has 0 bridgehead atoms. The predicted octanol–water partition coefficient (Wildman–Crippen LogP) is 3.91. The van der Waals surface area contributed by atoms with Crippen LogP contribution in [0.5, 0.6) is 0 Å². The first-order valence-electron chi connectivity index (χ1n) is 11.1. The summed E-state index contributed by atoms with van der Waals surface area (Å²) in [5, 5.41) is 0. The van der Waals surface area contributed by atoms with Gasteiger partial charge in [-0.1, -0.05) is 42.5 Å². The van der Waals surface area contributed by atoms with Gasteiger partial charge < -0.3 is 9.80 Å². The van der Waals surface area contributed by atoms with Crippen molar-refractivity contribution in [3.05, 3.63) is 90.3 Å². The lowest BCUT2D eigenvalue weighted by Gasteiger charge is -2.35. The van der Waals surface area contributed by atoms with Crippen LogP contribution in [-0.2, 0) is 0 Å².